The quantitative estimate of drug-likeness (QED) is 0.163. The summed E-state index contributed by atoms with van der Waals surface area (Å²) in [5.41, 5.74) is 23.5. The molecule has 4 rings (SSSR count). The highest BCUT2D eigenvalue weighted by Gasteiger charge is 2.24. The van der Waals surface area contributed by atoms with E-state index in [9.17, 15) is 0 Å². The number of ether oxygens (including phenoxy) is 1. The Bertz CT molecular complexity index is 889. The van der Waals surface area contributed by atoms with Crippen molar-refractivity contribution in [3.8, 4) is 11.5 Å². The predicted octanol–water partition coefficient (Wildman–Crippen LogP) is 6.44. The minimum atomic E-state index is 0.708. The lowest BCUT2D eigenvalue weighted by atomic mass is 10.2. The van der Waals surface area contributed by atoms with Crippen LogP contribution >= 0.6 is 0 Å². The fraction of sp³-hybridized carbons (Fsp3) is 0.375. The molecule has 3 aromatic rings. The van der Waals surface area contributed by atoms with Crippen molar-refractivity contribution < 1.29 is 4.74 Å². The fourth-order valence-electron chi connectivity index (χ4n) is 2.99. The molecule has 0 saturated heterocycles. The molecule has 3 aromatic carbocycles. The van der Waals surface area contributed by atoms with Crippen LogP contribution in [-0.2, 0) is 6.54 Å². The summed E-state index contributed by atoms with van der Waals surface area (Å²) in [6, 6.07) is 27.4. The molecule has 0 atom stereocenters. The molecule has 0 radical (unpaired) electrons. The Labute approximate surface area is 231 Å². The first kappa shape index (κ1) is 34.7. The van der Waals surface area contributed by atoms with Crippen LogP contribution in [-0.4, -0.2) is 20.1 Å². The third kappa shape index (κ3) is 18.0. The number of hydrogen-bond acceptors (Lipinski definition) is 6. The van der Waals surface area contributed by atoms with Crippen molar-refractivity contribution >= 4 is 5.69 Å². The third-order valence-electron chi connectivity index (χ3n) is 5.16. The average Bonchev–Trinajstić information content (AvgIpc) is 3.81. The van der Waals surface area contributed by atoms with Crippen LogP contribution in [0.1, 0.15) is 51.5 Å². The monoisotopic (exact) mass is 521 g/mol. The van der Waals surface area contributed by atoms with E-state index >= 15 is 0 Å². The van der Waals surface area contributed by atoms with Crippen LogP contribution in [0.25, 0.3) is 0 Å². The Morgan fingerprint density at radius 2 is 1.29 bits per heavy atom. The maximum atomic E-state index is 5.83. The van der Waals surface area contributed by atoms with E-state index in [1.54, 1.807) is 0 Å². The summed E-state index contributed by atoms with van der Waals surface area (Å²) >= 11 is 0. The summed E-state index contributed by atoms with van der Waals surface area (Å²) < 4.78 is 5.58. The van der Waals surface area contributed by atoms with Gasteiger partial charge in [0.1, 0.15) is 11.5 Å². The molecule has 0 unspecified atom stereocenters. The zero-order valence-corrected chi connectivity index (χ0v) is 23.7. The van der Waals surface area contributed by atoms with Gasteiger partial charge in [0.2, 0.25) is 0 Å². The third-order valence-corrected chi connectivity index (χ3v) is 5.16. The summed E-state index contributed by atoms with van der Waals surface area (Å²) in [5, 5.41) is 3.33. The number of nitrogens with one attached hydrogen (secondary N) is 1. The molecule has 0 spiro atoms. The lowest BCUT2D eigenvalue weighted by Crippen LogP contribution is -2.14. The molecule has 6 nitrogen and oxygen atoms in total. The Morgan fingerprint density at radius 1 is 0.816 bits per heavy atom. The van der Waals surface area contributed by atoms with Gasteiger partial charge in [-0.1, -0.05) is 87.9 Å². The van der Waals surface area contributed by atoms with E-state index in [2.05, 4.69) is 24.6 Å². The first-order chi connectivity index (χ1) is 18.5. The maximum absolute atomic E-state index is 5.83. The highest BCUT2D eigenvalue weighted by molar-refractivity contribution is 5.46. The molecule has 1 saturated carbocycles. The van der Waals surface area contributed by atoms with Crippen LogP contribution < -0.4 is 33.0 Å². The molecule has 0 bridgehead atoms. The van der Waals surface area contributed by atoms with Crippen molar-refractivity contribution in [2.75, 3.05) is 25.9 Å². The normalized spacial score (nSPS) is 10.9. The molecule has 210 valence electrons. The zero-order valence-electron chi connectivity index (χ0n) is 23.7. The standard InChI is InChI=1S/C12H16N2.C12H10O.C5H13N.C2H7N.CH5N/c1-9(10-6-7-10)14-8-11-4-2-3-5-12(11)13;1-3-7-11(8-4-1)13-12-9-5-2-6-10-12;1-2-3-4-5-6;1-2-3;1-2/h2-5,10,14H,1,6-8,13H2;1-10H;2-6H2,1H3;2-3H2,1H3;2H2,1H3. The van der Waals surface area contributed by atoms with E-state index < -0.39 is 0 Å². The Kier molecular flexibility index (Phi) is 21.9. The molecule has 0 aromatic heterocycles. The highest BCUT2D eigenvalue weighted by Crippen LogP contribution is 2.34. The van der Waals surface area contributed by atoms with E-state index in [-0.39, 0.29) is 0 Å². The van der Waals surface area contributed by atoms with Crippen LogP contribution in [0.2, 0.25) is 0 Å². The number of allylic oxidation sites excluding steroid dienone is 1. The lowest BCUT2D eigenvalue weighted by molar-refractivity contribution is 0.482. The van der Waals surface area contributed by atoms with Crippen LogP contribution in [0.5, 0.6) is 11.5 Å². The summed E-state index contributed by atoms with van der Waals surface area (Å²) in [6.07, 6.45) is 6.33. The van der Waals surface area contributed by atoms with Gasteiger partial charge in [-0.2, -0.15) is 0 Å². The van der Waals surface area contributed by atoms with E-state index in [4.69, 9.17) is 21.9 Å². The van der Waals surface area contributed by atoms with E-state index in [1.165, 1.54) is 39.2 Å². The van der Waals surface area contributed by atoms with Gasteiger partial charge in [-0.15, -0.1) is 0 Å². The number of rotatable bonds is 9. The van der Waals surface area contributed by atoms with Gasteiger partial charge in [0.05, 0.1) is 0 Å². The summed E-state index contributed by atoms with van der Waals surface area (Å²) in [6.45, 7) is 10.5. The van der Waals surface area contributed by atoms with E-state index in [0.29, 0.717) is 5.92 Å². The smallest absolute Gasteiger partial charge is 0.127 e. The van der Waals surface area contributed by atoms with Gasteiger partial charge in [-0.05, 0) is 81.2 Å². The molecule has 0 heterocycles. The molecule has 0 amide bonds. The van der Waals surface area contributed by atoms with Crippen molar-refractivity contribution in [1.29, 1.82) is 0 Å². The number of unbranched alkanes of at least 4 members (excludes halogenated alkanes) is 2. The first-order valence-corrected chi connectivity index (χ1v) is 13.6. The van der Waals surface area contributed by atoms with Gasteiger partial charge in [0, 0.05) is 17.9 Å². The Morgan fingerprint density at radius 3 is 1.68 bits per heavy atom. The Hall–Kier alpha value is -3.32. The van der Waals surface area contributed by atoms with Gasteiger partial charge in [-0.3, -0.25) is 0 Å². The summed E-state index contributed by atoms with van der Waals surface area (Å²) in [7, 11) is 1.50. The van der Waals surface area contributed by atoms with Crippen molar-refractivity contribution in [2.24, 2.45) is 23.1 Å². The van der Waals surface area contributed by atoms with Gasteiger partial charge in [0.15, 0.2) is 0 Å². The molecule has 6 heteroatoms. The number of nitrogens with two attached hydrogens (primary N) is 4. The van der Waals surface area contributed by atoms with Crippen molar-refractivity contribution in [3.63, 3.8) is 0 Å². The second-order valence-electron chi connectivity index (χ2n) is 8.48. The van der Waals surface area contributed by atoms with Gasteiger partial charge >= 0.3 is 0 Å². The average molecular weight is 522 g/mol. The van der Waals surface area contributed by atoms with E-state index in [0.717, 1.165) is 48.1 Å². The predicted molar refractivity (Wildman–Crippen MR) is 166 cm³/mol. The molecule has 38 heavy (non-hydrogen) atoms. The number of anilines is 1. The Balaban J connectivity index is 0.000000528. The van der Waals surface area contributed by atoms with Crippen LogP contribution in [0.4, 0.5) is 5.69 Å². The van der Waals surface area contributed by atoms with Crippen LogP contribution in [0, 0.1) is 5.92 Å². The molecular weight excluding hydrogens is 470 g/mol. The van der Waals surface area contributed by atoms with Gasteiger partial charge in [0.25, 0.3) is 0 Å². The zero-order chi connectivity index (χ0) is 28.4. The van der Waals surface area contributed by atoms with E-state index in [1.807, 2.05) is 91.9 Å². The number of para-hydroxylation sites is 3. The summed E-state index contributed by atoms with van der Waals surface area (Å²) in [5.74, 6) is 2.45. The minimum Gasteiger partial charge on any atom is -0.457 e. The molecule has 9 N–H and O–H groups in total. The first-order valence-electron chi connectivity index (χ1n) is 13.6. The maximum Gasteiger partial charge on any atom is 0.127 e. The molecule has 1 aliphatic rings. The van der Waals surface area contributed by atoms with Crippen molar-refractivity contribution in [2.45, 2.75) is 52.5 Å². The minimum absolute atomic E-state index is 0.708. The fourth-order valence-corrected chi connectivity index (χ4v) is 2.99. The number of nitrogen functional groups attached to an aromatic ring is 1. The van der Waals surface area contributed by atoms with Crippen molar-refractivity contribution in [1.82, 2.24) is 5.32 Å². The second kappa shape index (κ2) is 24.0. The number of hydrogen-bond donors (Lipinski definition) is 5. The van der Waals surface area contributed by atoms with Gasteiger partial charge < -0.3 is 33.0 Å². The summed E-state index contributed by atoms with van der Waals surface area (Å²) in [4.78, 5) is 0. The largest absolute Gasteiger partial charge is 0.457 e. The molecule has 1 fully saturated rings. The van der Waals surface area contributed by atoms with Gasteiger partial charge in [-0.25, -0.2) is 0 Å². The molecular formula is C32H51N5O. The topological polar surface area (TPSA) is 125 Å². The van der Waals surface area contributed by atoms with Crippen LogP contribution in [0.15, 0.2) is 97.2 Å². The van der Waals surface area contributed by atoms with Crippen molar-refractivity contribution in [3.05, 3.63) is 103 Å². The lowest BCUT2D eigenvalue weighted by Gasteiger charge is -2.09. The second-order valence-corrected chi connectivity index (χ2v) is 8.48. The number of benzene rings is 3. The molecule has 1 aliphatic carbocycles. The van der Waals surface area contributed by atoms with Crippen LogP contribution in [0.3, 0.4) is 0 Å². The highest BCUT2D eigenvalue weighted by atomic mass is 16.5. The SMILES string of the molecule is C=C(NCc1ccccc1N)C1CC1.CCCCCN.CCN.CN.c1ccc(Oc2ccccc2)cc1. The molecule has 0 aliphatic heterocycles.